The van der Waals surface area contributed by atoms with Crippen molar-refractivity contribution in [2.75, 3.05) is 0 Å². The minimum Gasteiger partial charge on any atom is -0.309 e. The van der Waals surface area contributed by atoms with Gasteiger partial charge in [0.2, 0.25) is 0 Å². The molecule has 0 aliphatic rings. The van der Waals surface area contributed by atoms with Crippen LogP contribution in [-0.4, -0.2) is 0 Å². The Labute approximate surface area is 367 Å². The second-order valence-electron chi connectivity index (χ2n) is 15.3. The Morgan fingerprint density at radius 3 is 0.667 bits per heavy atom. The molecule has 7 aromatic rings. The average molecular weight is 829 g/mol. The van der Waals surface area contributed by atoms with E-state index in [9.17, 15) is 0 Å². The zero-order valence-electron chi connectivity index (χ0n) is 35.0. The van der Waals surface area contributed by atoms with E-state index in [1.165, 1.54) is 33.4 Å². The first-order chi connectivity index (χ1) is 31.0. The van der Waals surface area contributed by atoms with Gasteiger partial charge < -0.3 is 16.0 Å². The molecule has 0 atom stereocenters. The molecule has 0 spiro atoms. The first-order valence-electron chi connectivity index (χ1n) is 20.9. The van der Waals surface area contributed by atoms with Crippen LogP contribution in [0.2, 0.25) is 0 Å². The number of nitrogens with one attached hydrogen (secondary N) is 3. The lowest BCUT2D eigenvalue weighted by molar-refractivity contribution is 0.693. The van der Waals surface area contributed by atoms with E-state index in [2.05, 4.69) is 173 Å². The molecule has 63 heavy (non-hydrogen) atoms. The topological polar surface area (TPSA) is 182 Å². The van der Waals surface area contributed by atoms with Crippen LogP contribution in [0.1, 0.15) is 50.1 Å². The Morgan fingerprint density at radius 2 is 0.460 bits per heavy atom. The van der Waals surface area contributed by atoms with Crippen molar-refractivity contribution in [3.05, 3.63) is 245 Å². The summed E-state index contributed by atoms with van der Waals surface area (Å²) in [5.41, 5.74) is 42.8. The molecular formula is C51H48N12. The highest BCUT2D eigenvalue weighted by Gasteiger charge is 2.10. The predicted molar refractivity (Wildman–Crippen MR) is 252 cm³/mol. The zero-order valence-corrected chi connectivity index (χ0v) is 35.0. The van der Waals surface area contributed by atoms with Gasteiger partial charge in [0, 0.05) is 54.0 Å². The van der Waals surface area contributed by atoms with Gasteiger partial charge in [-0.25, -0.2) is 0 Å². The second kappa shape index (κ2) is 22.8. The largest absolute Gasteiger partial charge is 0.309 e. The van der Waals surface area contributed by atoms with E-state index in [-0.39, 0.29) is 0 Å². The molecule has 0 saturated carbocycles. The van der Waals surface area contributed by atoms with Crippen LogP contribution in [0.4, 0.5) is 0 Å². The van der Waals surface area contributed by atoms with Gasteiger partial charge in [-0.15, -0.1) is 0 Å². The van der Waals surface area contributed by atoms with E-state index < -0.39 is 0 Å². The normalized spacial score (nSPS) is 10.7. The molecule has 312 valence electrons. The molecule has 0 unspecified atom stereocenters. The Balaban J connectivity index is 1.03. The molecule has 7 aromatic carbocycles. The van der Waals surface area contributed by atoms with Crippen molar-refractivity contribution < 1.29 is 0 Å². The van der Waals surface area contributed by atoms with Crippen LogP contribution in [0.3, 0.4) is 0 Å². The van der Waals surface area contributed by atoms with Crippen molar-refractivity contribution in [2.24, 2.45) is 15.3 Å². The van der Waals surface area contributed by atoms with Gasteiger partial charge in [-0.05, 0) is 118 Å². The summed E-state index contributed by atoms with van der Waals surface area (Å²) >= 11 is 0. The van der Waals surface area contributed by atoms with Gasteiger partial charge >= 0.3 is 0 Å². The van der Waals surface area contributed by atoms with Crippen molar-refractivity contribution in [1.29, 1.82) is 0 Å². The van der Waals surface area contributed by atoms with Crippen LogP contribution in [0, 0.1) is 0 Å². The standard InChI is InChI=1S/C51H48N12/c52-61-58-34-43-7-1-37(2-8-43)28-55-31-40-13-19-46(20-14-40)49-25-50(47-21-15-41(16-22-47)32-56-29-38-3-9-44(10-4-38)35-59-62-53)27-51(26-49)48-23-17-42(18-24-48)33-57-30-39-5-11-45(12-6-39)36-60-63-54/h1-27,55-57H,28-36H2. The highest BCUT2D eigenvalue weighted by atomic mass is 15.1. The Bertz CT molecular complexity index is 2380. The number of azide groups is 3. The fraction of sp³-hybridized carbons (Fsp3) is 0.176. The molecule has 3 N–H and O–H groups in total. The number of benzene rings is 7. The summed E-state index contributed by atoms with van der Waals surface area (Å²) in [5, 5.41) is 21.6. The van der Waals surface area contributed by atoms with E-state index in [0.29, 0.717) is 19.6 Å². The molecule has 0 saturated heterocycles. The fourth-order valence-electron chi connectivity index (χ4n) is 7.25. The van der Waals surface area contributed by atoms with Gasteiger partial charge in [0.1, 0.15) is 0 Å². The van der Waals surface area contributed by atoms with Gasteiger partial charge in [0.05, 0.1) is 19.6 Å². The number of hydrogen-bond acceptors (Lipinski definition) is 6. The van der Waals surface area contributed by atoms with Gasteiger partial charge in [-0.3, -0.25) is 0 Å². The molecule has 0 fully saturated rings. The summed E-state index contributed by atoms with van der Waals surface area (Å²) in [6.45, 7) is 5.52. The molecule has 12 nitrogen and oxygen atoms in total. The fourth-order valence-corrected chi connectivity index (χ4v) is 7.25. The summed E-state index contributed by atoms with van der Waals surface area (Å²) in [6.07, 6.45) is 0. The highest BCUT2D eigenvalue weighted by Crippen LogP contribution is 2.33. The van der Waals surface area contributed by atoms with Crippen LogP contribution >= 0.6 is 0 Å². The summed E-state index contributed by atoms with van der Waals surface area (Å²) in [4.78, 5) is 8.53. The van der Waals surface area contributed by atoms with Crippen LogP contribution in [0.15, 0.2) is 179 Å². The third-order valence-corrected chi connectivity index (χ3v) is 10.8. The lowest BCUT2D eigenvalue weighted by Gasteiger charge is -2.13. The van der Waals surface area contributed by atoms with Crippen LogP contribution in [0.25, 0.3) is 64.7 Å². The monoisotopic (exact) mass is 828 g/mol. The Hall–Kier alpha value is -7.65. The van der Waals surface area contributed by atoms with Crippen molar-refractivity contribution in [2.45, 2.75) is 58.9 Å². The van der Waals surface area contributed by atoms with Crippen molar-refractivity contribution in [1.82, 2.24) is 16.0 Å². The van der Waals surface area contributed by atoms with Crippen molar-refractivity contribution in [3.63, 3.8) is 0 Å². The molecule has 0 radical (unpaired) electrons. The summed E-state index contributed by atoms with van der Waals surface area (Å²) in [7, 11) is 0. The molecule has 0 amide bonds. The minimum absolute atomic E-state index is 0.359. The van der Waals surface area contributed by atoms with Crippen LogP contribution in [-0.2, 0) is 58.9 Å². The number of rotatable bonds is 21. The first kappa shape index (κ1) is 43.4. The second-order valence-corrected chi connectivity index (χ2v) is 15.3. The molecule has 12 heteroatoms. The lowest BCUT2D eigenvalue weighted by Crippen LogP contribution is -2.12. The van der Waals surface area contributed by atoms with Crippen LogP contribution in [0.5, 0.6) is 0 Å². The molecule has 0 aliphatic carbocycles. The predicted octanol–water partition coefficient (Wildman–Crippen LogP) is 13.0. The van der Waals surface area contributed by atoms with E-state index in [0.717, 1.165) is 89.3 Å². The van der Waals surface area contributed by atoms with Crippen molar-refractivity contribution >= 4 is 0 Å². The Morgan fingerprint density at radius 1 is 0.270 bits per heavy atom. The van der Waals surface area contributed by atoms with Gasteiger partial charge in [0.15, 0.2) is 0 Å². The molecule has 0 bridgehead atoms. The lowest BCUT2D eigenvalue weighted by atomic mass is 9.92. The molecule has 0 aromatic heterocycles. The molecule has 0 heterocycles. The van der Waals surface area contributed by atoms with Gasteiger partial charge in [0.25, 0.3) is 0 Å². The van der Waals surface area contributed by atoms with E-state index in [4.69, 9.17) is 16.6 Å². The third kappa shape index (κ3) is 13.2. The third-order valence-electron chi connectivity index (χ3n) is 10.8. The quantitative estimate of drug-likeness (QED) is 0.0371. The SMILES string of the molecule is [N-]=[N+]=NCc1ccc(CNCc2ccc(-c3cc(-c4ccc(CNCc5ccc(CN=[N+]=[N-])cc5)cc4)cc(-c4ccc(CNCc5ccc(CN=[N+]=[N-])cc5)cc4)c3)cc2)cc1. The minimum atomic E-state index is 0.359. The first-order valence-corrected chi connectivity index (χ1v) is 20.9. The van der Waals surface area contributed by atoms with Crippen molar-refractivity contribution in [3.8, 4) is 33.4 Å². The molecule has 0 aliphatic heterocycles. The number of hydrogen-bond donors (Lipinski definition) is 3. The van der Waals surface area contributed by atoms with Gasteiger partial charge in [-0.1, -0.05) is 161 Å². The highest BCUT2D eigenvalue weighted by molar-refractivity contribution is 5.81. The van der Waals surface area contributed by atoms with Gasteiger partial charge in [-0.2, -0.15) is 0 Å². The van der Waals surface area contributed by atoms with E-state index in [1.807, 2.05) is 36.4 Å². The average Bonchev–Trinajstić information content (AvgIpc) is 3.34. The van der Waals surface area contributed by atoms with E-state index in [1.54, 1.807) is 0 Å². The zero-order chi connectivity index (χ0) is 43.5. The maximum absolute atomic E-state index is 8.59. The summed E-state index contributed by atoms with van der Waals surface area (Å²) in [6, 6.07) is 57.6. The smallest absolute Gasteiger partial charge is 0.0510 e. The maximum atomic E-state index is 8.59. The molecule has 7 rings (SSSR count). The Kier molecular flexibility index (Phi) is 15.7. The van der Waals surface area contributed by atoms with Crippen LogP contribution < -0.4 is 16.0 Å². The maximum Gasteiger partial charge on any atom is 0.0510 e. The summed E-state index contributed by atoms with van der Waals surface area (Å²) in [5.74, 6) is 0. The molecular weight excluding hydrogens is 781 g/mol. The van der Waals surface area contributed by atoms with E-state index >= 15 is 0 Å². The summed E-state index contributed by atoms with van der Waals surface area (Å²) < 4.78 is 0. The number of nitrogens with zero attached hydrogens (tertiary/aromatic N) is 9.